The molecule has 1 unspecified atom stereocenters. The molecular formula is C29H22N2O5. The van der Waals surface area contributed by atoms with Gasteiger partial charge in [0, 0.05) is 11.6 Å². The average molecular weight is 479 g/mol. The van der Waals surface area contributed by atoms with Crippen molar-refractivity contribution in [1.29, 1.82) is 5.26 Å². The molecule has 1 heterocycles. The Morgan fingerprint density at radius 1 is 0.944 bits per heavy atom. The molecule has 7 heteroatoms. The molecule has 0 spiro atoms. The van der Waals surface area contributed by atoms with Gasteiger partial charge in [0.05, 0.1) is 13.0 Å². The number of hydrogen-bond acceptors (Lipinski definition) is 7. The Labute approximate surface area is 207 Å². The molecular weight excluding hydrogens is 456 g/mol. The van der Waals surface area contributed by atoms with E-state index in [-0.39, 0.29) is 18.2 Å². The van der Waals surface area contributed by atoms with Gasteiger partial charge in [-0.3, -0.25) is 0 Å². The zero-order valence-corrected chi connectivity index (χ0v) is 19.4. The van der Waals surface area contributed by atoms with Gasteiger partial charge in [-0.2, -0.15) is 5.26 Å². The van der Waals surface area contributed by atoms with Crippen LogP contribution in [0.3, 0.4) is 0 Å². The topological polar surface area (TPSA) is 104 Å². The summed E-state index contributed by atoms with van der Waals surface area (Å²) in [5, 5.41) is 12.0. The van der Waals surface area contributed by atoms with Gasteiger partial charge in [0.2, 0.25) is 5.88 Å². The lowest BCUT2D eigenvalue weighted by Crippen LogP contribution is -2.22. The van der Waals surface area contributed by atoms with E-state index in [9.17, 15) is 10.1 Å². The minimum absolute atomic E-state index is 0.0225. The summed E-state index contributed by atoms with van der Waals surface area (Å²) in [5.74, 6) is 0.929. The summed E-state index contributed by atoms with van der Waals surface area (Å²) in [6, 6.07) is 28.1. The first-order valence-corrected chi connectivity index (χ1v) is 11.2. The quantitative estimate of drug-likeness (QED) is 0.305. The van der Waals surface area contributed by atoms with Gasteiger partial charge in [0.1, 0.15) is 34.6 Å². The highest BCUT2D eigenvalue weighted by Crippen LogP contribution is 2.45. The normalized spacial score (nSPS) is 14.4. The Morgan fingerprint density at radius 3 is 2.44 bits per heavy atom. The van der Waals surface area contributed by atoms with Crippen LogP contribution < -0.4 is 24.7 Å². The maximum absolute atomic E-state index is 12.4. The van der Waals surface area contributed by atoms with Crippen molar-refractivity contribution in [3.63, 3.8) is 0 Å². The van der Waals surface area contributed by atoms with Crippen molar-refractivity contribution in [2.45, 2.75) is 5.92 Å². The summed E-state index contributed by atoms with van der Waals surface area (Å²) in [4.78, 5) is 12.4. The first-order chi connectivity index (χ1) is 17.6. The van der Waals surface area contributed by atoms with Gasteiger partial charge in [-0.25, -0.2) is 4.79 Å². The highest BCUT2D eigenvalue weighted by atomic mass is 16.6. The summed E-state index contributed by atoms with van der Waals surface area (Å²) in [6.45, 7) is -0.274. The molecule has 36 heavy (non-hydrogen) atoms. The van der Waals surface area contributed by atoms with Crippen molar-refractivity contribution in [3.05, 3.63) is 108 Å². The van der Waals surface area contributed by atoms with Crippen LogP contribution in [0.5, 0.6) is 23.0 Å². The van der Waals surface area contributed by atoms with Crippen LogP contribution in [0, 0.1) is 11.3 Å². The van der Waals surface area contributed by atoms with Crippen molar-refractivity contribution in [2.75, 3.05) is 13.7 Å². The summed E-state index contributed by atoms with van der Waals surface area (Å²) in [5.41, 5.74) is 8.18. The smallest absolute Gasteiger partial charge is 0.349 e. The van der Waals surface area contributed by atoms with Crippen molar-refractivity contribution >= 4 is 16.7 Å². The fourth-order valence-corrected chi connectivity index (χ4v) is 4.30. The molecule has 1 atom stereocenters. The Morgan fingerprint density at radius 2 is 1.67 bits per heavy atom. The number of methoxy groups -OCH3 is 1. The Bertz CT molecular complexity index is 1510. The maximum atomic E-state index is 12.4. The van der Waals surface area contributed by atoms with E-state index >= 15 is 0 Å². The summed E-state index contributed by atoms with van der Waals surface area (Å²) in [7, 11) is 1.57. The fourth-order valence-electron chi connectivity index (χ4n) is 4.30. The number of allylic oxidation sites excluding steroid dienone is 1. The van der Waals surface area contributed by atoms with Gasteiger partial charge in [0.25, 0.3) is 0 Å². The van der Waals surface area contributed by atoms with E-state index in [1.165, 1.54) is 0 Å². The fraction of sp³-hybridized carbons (Fsp3) is 0.103. The standard InChI is InChI=1S/C29H22N2O5/c1-33-19-9-11-20(12-10-19)34-17-27(32)35-21-13-14-24-26(15-21)36-29(31)25(16-30)28(24)23-8-4-6-18-5-2-3-7-22(18)23/h2-15,28H,17,31H2,1H3. The second-order valence-corrected chi connectivity index (χ2v) is 8.13. The number of fused-ring (bicyclic) bond motifs is 2. The second-order valence-electron chi connectivity index (χ2n) is 8.13. The van der Waals surface area contributed by atoms with Gasteiger partial charge < -0.3 is 24.7 Å². The van der Waals surface area contributed by atoms with Crippen LogP contribution in [0.2, 0.25) is 0 Å². The van der Waals surface area contributed by atoms with E-state index in [0.717, 1.165) is 21.9 Å². The molecule has 0 aliphatic carbocycles. The monoisotopic (exact) mass is 478 g/mol. The maximum Gasteiger partial charge on any atom is 0.349 e. The van der Waals surface area contributed by atoms with Crippen LogP contribution in [-0.4, -0.2) is 19.7 Å². The van der Waals surface area contributed by atoms with E-state index in [1.54, 1.807) is 49.6 Å². The van der Waals surface area contributed by atoms with E-state index in [1.807, 2.05) is 42.5 Å². The number of esters is 1. The van der Waals surface area contributed by atoms with Crippen LogP contribution in [0.15, 0.2) is 96.4 Å². The SMILES string of the molecule is COc1ccc(OCC(=O)Oc2ccc3c(c2)OC(N)=C(C#N)C3c2cccc3ccccc23)cc1. The second kappa shape index (κ2) is 9.72. The van der Waals surface area contributed by atoms with E-state index in [2.05, 4.69) is 6.07 Å². The molecule has 0 aromatic heterocycles. The third kappa shape index (κ3) is 4.40. The highest BCUT2D eigenvalue weighted by molar-refractivity contribution is 5.87. The Balaban J connectivity index is 1.40. The number of nitrogens with zero attached hydrogens (tertiary/aromatic N) is 1. The number of rotatable bonds is 6. The lowest BCUT2D eigenvalue weighted by molar-refractivity contribution is -0.136. The van der Waals surface area contributed by atoms with Crippen molar-refractivity contribution < 1.29 is 23.7 Å². The largest absolute Gasteiger partial charge is 0.497 e. The first kappa shape index (κ1) is 22.8. The number of benzene rings is 4. The summed E-state index contributed by atoms with van der Waals surface area (Å²) in [6.07, 6.45) is 0. The summed E-state index contributed by atoms with van der Waals surface area (Å²) < 4.78 is 21.8. The number of nitriles is 1. The van der Waals surface area contributed by atoms with E-state index < -0.39 is 11.9 Å². The van der Waals surface area contributed by atoms with Gasteiger partial charge in [0.15, 0.2) is 6.61 Å². The molecule has 0 radical (unpaired) electrons. The third-order valence-electron chi connectivity index (χ3n) is 5.97. The lowest BCUT2D eigenvalue weighted by Gasteiger charge is -2.27. The molecule has 0 fully saturated rings. The molecule has 2 N–H and O–H groups in total. The third-order valence-corrected chi connectivity index (χ3v) is 5.97. The number of carbonyl (C=O) groups excluding carboxylic acids is 1. The van der Waals surface area contributed by atoms with Gasteiger partial charge in [-0.1, -0.05) is 48.5 Å². The van der Waals surface area contributed by atoms with Crippen molar-refractivity contribution in [3.8, 4) is 29.1 Å². The minimum Gasteiger partial charge on any atom is -0.497 e. The van der Waals surface area contributed by atoms with Crippen LogP contribution >= 0.6 is 0 Å². The Kier molecular flexibility index (Phi) is 6.16. The molecule has 5 rings (SSSR count). The van der Waals surface area contributed by atoms with Gasteiger partial charge >= 0.3 is 5.97 Å². The zero-order chi connectivity index (χ0) is 25.1. The molecule has 4 aromatic rings. The predicted octanol–water partition coefficient (Wildman–Crippen LogP) is 5.05. The number of hydrogen-bond donors (Lipinski definition) is 1. The van der Waals surface area contributed by atoms with E-state index in [0.29, 0.717) is 22.8 Å². The van der Waals surface area contributed by atoms with Crippen LogP contribution in [0.1, 0.15) is 17.0 Å². The lowest BCUT2D eigenvalue weighted by atomic mass is 9.81. The van der Waals surface area contributed by atoms with Gasteiger partial charge in [-0.05, 0) is 46.7 Å². The first-order valence-electron chi connectivity index (χ1n) is 11.2. The number of carbonyl (C=O) groups is 1. The molecule has 4 aromatic carbocycles. The molecule has 0 saturated carbocycles. The minimum atomic E-state index is -0.576. The van der Waals surface area contributed by atoms with Gasteiger partial charge in [-0.15, -0.1) is 0 Å². The molecule has 1 aliphatic heterocycles. The molecule has 1 aliphatic rings. The van der Waals surface area contributed by atoms with Crippen LogP contribution in [0.4, 0.5) is 0 Å². The van der Waals surface area contributed by atoms with Crippen molar-refractivity contribution in [1.82, 2.24) is 0 Å². The molecule has 0 bridgehead atoms. The Hall–Kier alpha value is -4.96. The van der Waals surface area contributed by atoms with Crippen LogP contribution in [0.25, 0.3) is 10.8 Å². The molecule has 0 saturated heterocycles. The van der Waals surface area contributed by atoms with Crippen molar-refractivity contribution in [2.24, 2.45) is 5.73 Å². The molecule has 0 amide bonds. The number of ether oxygens (including phenoxy) is 4. The van der Waals surface area contributed by atoms with E-state index in [4.69, 9.17) is 24.7 Å². The summed E-state index contributed by atoms with van der Waals surface area (Å²) >= 11 is 0. The predicted molar refractivity (Wildman–Crippen MR) is 134 cm³/mol. The molecule has 178 valence electrons. The highest BCUT2D eigenvalue weighted by Gasteiger charge is 2.32. The average Bonchev–Trinajstić information content (AvgIpc) is 2.91. The number of nitrogens with two attached hydrogens (primary N) is 1. The van der Waals surface area contributed by atoms with Crippen LogP contribution in [-0.2, 0) is 4.79 Å². The molecule has 7 nitrogen and oxygen atoms in total. The zero-order valence-electron chi connectivity index (χ0n) is 19.4.